The Morgan fingerprint density at radius 1 is 1.07 bits per heavy atom. The Morgan fingerprint density at radius 2 is 1.90 bits per heavy atom. The van der Waals surface area contributed by atoms with Gasteiger partial charge in [-0.1, -0.05) is 49.0 Å². The molecule has 0 bridgehead atoms. The van der Waals surface area contributed by atoms with Gasteiger partial charge in [0, 0.05) is 31.0 Å². The van der Waals surface area contributed by atoms with Gasteiger partial charge in [-0.25, -0.2) is 0 Å². The Kier molecular flexibility index (Phi) is 5.73. The zero-order valence-corrected chi connectivity index (χ0v) is 17.6. The number of nitrogens with zero attached hydrogens (tertiary/aromatic N) is 3. The van der Waals surface area contributed by atoms with Gasteiger partial charge in [0.2, 0.25) is 11.8 Å². The molecule has 0 spiro atoms. The summed E-state index contributed by atoms with van der Waals surface area (Å²) in [4.78, 5) is 20.0. The summed E-state index contributed by atoms with van der Waals surface area (Å²) >= 11 is 0. The number of hydrogen-bond donors (Lipinski definition) is 0. The maximum absolute atomic E-state index is 13.2. The Morgan fingerprint density at radius 3 is 2.77 bits per heavy atom. The van der Waals surface area contributed by atoms with Crippen molar-refractivity contribution in [3.05, 3.63) is 41.5 Å². The van der Waals surface area contributed by atoms with Crippen LogP contribution in [-0.4, -0.2) is 40.6 Å². The van der Waals surface area contributed by atoms with Gasteiger partial charge in [0.05, 0.1) is 0 Å². The van der Waals surface area contributed by atoms with Crippen LogP contribution in [0.2, 0.25) is 0 Å². The van der Waals surface area contributed by atoms with E-state index in [1.165, 1.54) is 38.5 Å². The molecule has 1 amide bonds. The lowest BCUT2D eigenvalue weighted by molar-refractivity contribution is -0.134. The Labute approximate surface area is 178 Å². The van der Waals surface area contributed by atoms with E-state index in [1.54, 1.807) is 0 Å². The summed E-state index contributed by atoms with van der Waals surface area (Å²) in [5, 5.41) is 4.31. The van der Waals surface area contributed by atoms with Gasteiger partial charge in [-0.3, -0.25) is 4.79 Å². The molecular formula is C24H31N3O3. The predicted molar refractivity (Wildman–Crippen MR) is 112 cm³/mol. The molecule has 0 N–H and O–H groups in total. The second-order valence-corrected chi connectivity index (χ2v) is 9.13. The number of rotatable bonds is 4. The van der Waals surface area contributed by atoms with Crippen LogP contribution >= 0.6 is 0 Å². The number of piperidine rings is 1. The molecule has 1 aromatic carbocycles. The highest BCUT2D eigenvalue weighted by molar-refractivity contribution is 5.85. The number of hydrogen-bond acceptors (Lipinski definition) is 5. The molecule has 1 aliphatic carbocycles. The average Bonchev–Trinajstić information content (AvgIpc) is 3.33. The third kappa shape index (κ3) is 4.09. The lowest BCUT2D eigenvalue weighted by Crippen LogP contribution is -2.43. The van der Waals surface area contributed by atoms with Gasteiger partial charge in [0.1, 0.15) is 18.3 Å². The summed E-state index contributed by atoms with van der Waals surface area (Å²) in [6, 6.07) is 7.90. The summed E-state index contributed by atoms with van der Waals surface area (Å²) in [6.07, 6.45) is 10.4. The van der Waals surface area contributed by atoms with Gasteiger partial charge >= 0.3 is 0 Å². The monoisotopic (exact) mass is 409 g/mol. The molecule has 1 saturated heterocycles. The van der Waals surface area contributed by atoms with E-state index in [-0.39, 0.29) is 11.8 Å². The number of fused-ring (bicyclic) bond motifs is 1. The topological polar surface area (TPSA) is 68.5 Å². The van der Waals surface area contributed by atoms with Crippen LogP contribution < -0.4 is 4.74 Å². The Balaban J connectivity index is 1.21. The first-order valence-corrected chi connectivity index (χ1v) is 11.6. The van der Waals surface area contributed by atoms with Crippen molar-refractivity contribution in [3.63, 3.8) is 0 Å². The summed E-state index contributed by atoms with van der Waals surface area (Å²) in [5.74, 6) is 3.33. The lowest BCUT2D eigenvalue weighted by Gasteiger charge is -2.33. The van der Waals surface area contributed by atoms with Gasteiger partial charge in [-0.15, -0.1) is 0 Å². The van der Waals surface area contributed by atoms with Crippen LogP contribution in [0.1, 0.15) is 80.5 Å². The normalized spacial score (nSPS) is 24.9. The zero-order valence-electron chi connectivity index (χ0n) is 17.6. The van der Waals surface area contributed by atoms with Gasteiger partial charge in [0.25, 0.3) is 0 Å². The number of carbonyl (C=O) groups is 1. The van der Waals surface area contributed by atoms with E-state index in [2.05, 4.69) is 5.16 Å². The van der Waals surface area contributed by atoms with E-state index in [0.717, 1.165) is 55.4 Å². The van der Waals surface area contributed by atoms with Crippen molar-refractivity contribution < 1.29 is 14.1 Å². The fraction of sp³-hybridized carbons (Fsp3) is 0.625. The van der Waals surface area contributed by atoms with E-state index in [1.807, 2.05) is 29.2 Å². The van der Waals surface area contributed by atoms with Gasteiger partial charge < -0.3 is 14.2 Å². The van der Waals surface area contributed by atoms with Crippen molar-refractivity contribution in [2.24, 2.45) is 5.92 Å². The maximum Gasteiger partial charge on any atom is 0.233 e. The molecule has 2 atom stereocenters. The fourth-order valence-electron chi connectivity index (χ4n) is 5.32. The molecule has 0 radical (unpaired) electrons. The van der Waals surface area contributed by atoms with Crippen molar-refractivity contribution in [3.8, 4) is 5.75 Å². The first kappa shape index (κ1) is 19.6. The number of amides is 1. The van der Waals surface area contributed by atoms with E-state index < -0.39 is 0 Å². The molecule has 1 saturated carbocycles. The zero-order chi connectivity index (χ0) is 20.3. The molecule has 30 heavy (non-hydrogen) atoms. The summed E-state index contributed by atoms with van der Waals surface area (Å²) in [5.41, 5.74) is 1.02. The number of para-hydroxylation sites is 1. The van der Waals surface area contributed by atoms with Crippen LogP contribution in [0.3, 0.4) is 0 Å². The maximum atomic E-state index is 13.2. The Bertz CT molecular complexity index is 872. The van der Waals surface area contributed by atoms with E-state index in [9.17, 15) is 4.79 Å². The molecule has 2 fully saturated rings. The van der Waals surface area contributed by atoms with Crippen molar-refractivity contribution in [1.82, 2.24) is 15.0 Å². The molecule has 2 aromatic rings. The number of benzene rings is 1. The molecule has 6 nitrogen and oxygen atoms in total. The third-order valence-electron chi connectivity index (χ3n) is 7.00. The number of ether oxygens (including phenoxy) is 1. The van der Waals surface area contributed by atoms with Gasteiger partial charge in [0.15, 0.2) is 5.82 Å². The highest BCUT2D eigenvalue weighted by Gasteiger charge is 2.35. The van der Waals surface area contributed by atoms with Crippen LogP contribution in [0.15, 0.2) is 28.8 Å². The molecule has 160 valence electrons. The first-order chi connectivity index (χ1) is 14.8. The summed E-state index contributed by atoms with van der Waals surface area (Å²) in [7, 11) is 0. The second kappa shape index (κ2) is 8.78. The van der Waals surface area contributed by atoms with Crippen molar-refractivity contribution in [1.29, 1.82) is 0 Å². The highest BCUT2D eigenvalue weighted by Crippen LogP contribution is 2.36. The summed E-state index contributed by atoms with van der Waals surface area (Å²) in [6.45, 7) is 2.04. The van der Waals surface area contributed by atoms with E-state index in [0.29, 0.717) is 18.4 Å². The van der Waals surface area contributed by atoms with E-state index in [4.69, 9.17) is 14.2 Å². The molecule has 3 heterocycles. The SMILES string of the molecule is O=C([C@H]1COc2ccccc21)N1CCC[C@@H](Cc2nc(C3CCCCCC3)no2)C1. The third-order valence-corrected chi connectivity index (χ3v) is 7.00. The molecule has 1 aromatic heterocycles. The van der Waals surface area contributed by atoms with Gasteiger partial charge in [-0.05, 0) is 37.7 Å². The van der Waals surface area contributed by atoms with Crippen LogP contribution in [0, 0.1) is 5.92 Å². The predicted octanol–water partition coefficient (Wildman–Crippen LogP) is 4.46. The minimum Gasteiger partial charge on any atom is -0.492 e. The first-order valence-electron chi connectivity index (χ1n) is 11.6. The minimum absolute atomic E-state index is 0.176. The van der Waals surface area contributed by atoms with Gasteiger partial charge in [-0.2, -0.15) is 4.98 Å². The summed E-state index contributed by atoms with van der Waals surface area (Å²) < 4.78 is 11.4. The van der Waals surface area contributed by atoms with Crippen molar-refractivity contribution in [2.45, 2.75) is 69.6 Å². The van der Waals surface area contributed by atoms with Crippen LogP contribution in [0.4, 0.5) is 0 Å². The van der Waals surface area contributed by atoms with Crippen molar-refractivity contribution in [2.75, 3.05) is 19.7 Å². The molecule has 5 rings (SSSR count). The highest BCUT2D eigenvalue weighted by atomic mass is 16.5. The fourth-order valence-corrected chi connectivity index (χ4v) is 5.32. The molecule has 3 aliphatic rings. The average molecular weight is 410 g/mol. The molecule has 2 aliphatic heterocycles. The largest absolute Gasteiger partial charge is 0.492 e. The lowest BCUT2D eigenvalue weighted by atomic mass is 9.92. The molecule has 0 unspecified atom stereocenters. The van der Waals surface area contributed by atoms with Crippen LogP contribution in [0.5, 0.6) is 5.75 Å². The minimum atomic E-state index is -0.176. The molecule has 6 heteroatoms. The number of likely N-dealkylation sites (tertiary alicyclic amines) is 1. The van der Waals surface area contributed by atoms with Crippen molar-refractivity contribution >= 4 is 5.91 Å². The second-order valence-electron chi connectivity index (χ2n) is 9.13. The van der Waals surface area contributed by atoms with E-state index >= 15 is 0 Å². The Hall–Kier alpha value is -2.37. The molecular weight excluding hydrogens is 378 g/mol. The quantitative estimate of drug-likeness (QED) is 0.697. The van der Waals surface area contributed by atoms with Crippen LogP contribution in [-0.2, 0) is 11.2 Å². The number of aromatic nitrogens is 2. The standard InChI is InChI=1S/C24H31N3O3/c28-24(20-16-29-21-12-6-5-11-19(20)21)27-13-7-8-17(15-27)14-22-25-23(26-30-22)18-9-3-1-2-4-10-18/h5-6,11-12,17-18,20H,1-4,7-10,13-16H2/t17-,20-/m0/s1. The number of carbonyl (C=O) groups excluding carboxylic acids is 1. The smallest absolute Gasteiger partial charge is 0.233 e. The van der Waals surface area contributed by atoms with Crippen LogP contribution in [0.25, 0.3) is 0 Å².